The highest BCUT2D eigenvalue weighted by atomic mass is 16.6. The molecule has 4 aliphatic heterocycles. The number of carbonyl (C=O) groups is 1. The average molecular weight is 338 g/mol. The minimum atomic E-state index is -0.490. The maximum atomic E-state index is 13.1. The number of methoxy groups -OCH3 is 1. The van der Waals surface area contributed by atoms with E-state index in [0.29, 0.717) is 6.04 Å². The largest absolute Gasteiger partial charge is 0.469 e. The van der Waals surface area contributed by atoms with Crippen LogP contribution in [0.3, 0.4) is 0 Å². The number of fused-ring (bicyclic) bond motifs is 4. The summed E-state index contributed by atoms with van der Waals surface area (Å²) < 4.78 is 12.0. The number of allylic oxidation sites excluding steroid dienone is 1. The SMILES string of the molecule is C/C=C1/CN2[C@@H]3C[C@@]45c6ccccc6N[C@]4(O3)[C@@H]2C[C@H]1[C@@H]5C(=O)OC. The summed E-state index contributed by atoms with van der Waals surface area (Å²) in [4.78, 5) is 15.6. The van der Waals surface area contributed by atoms with Crippen molar-refractivity contribution in [1.82, 2.24) is 4.90 Å². The molecule has 5 nitrogen and oxygen atoms in total. The summed E-state index contributed by atoms with van der Waals surface area (Å²) in [5.41, 5.74) is 2.89. The number of carbonyl (C=O) groups excluding carboxylic acids is 1. The van der Waals surface area contributed by atoms with Crippen LogP contribution in [0.5, 0.6) is 0 Å². The first-order chi connectivity index (χ1) is 12.2. The van der Waals surface area contributed by atoms with Gasteiger partial charge in [-0.05, 0) is 30.9 Å². The molecule has 0 radical (unpaired) electrons. The molecule has 4 fully saturated rings. The number of hydrogen-bond acceptors (Lipinski definition) is 5. The molecule has 3 saturated heterocycles. The van der Waals surface area contributed by atoms with Gasteiger partial charge in [0.05, 0.1) is 24.5 Å². The Balaban J connectivity index is 1.67. The van der Waals surface area contributed by atoms with Gasteiger partial charge in [0.15, 0.2) is 5.72 Å². The van der Waals surface area contributed by atoms with E-state index >= 15 is 0 Å². The lowest BCUT2D eigenvalue weighted by Crippen LogP contribution is -2.73. The standard InChI is InChI=1S/C20H22N2O3/c1-3-11-10-22-15-8-12(11)17(18(23)24-2)19-9-16(22)25-20(15,19)21-14-7-5-4-6-13(14)19/h3-7,12,15-17,21H,8-10H2,1-2H3/b11-3-/t12-,15+,16+,17-,19+,20+/m1/s1. The summed E-state index contributed by atoms with van der Waals surface area (Å²) in [5.74, 6) is -0.0451. The van der Waals surface area contributed by atoms with Crippen molar-refractivity contribution in [2.24, 2.45) is 11.8 Å². The number of anilines is 1. The lowest BCUT2D eigenvalue weighted by atomic mass is 9.49. The molecular formula is C20H22N2O3. The third kappa shape index (κ3) is 1.30. The number of rotatable bonds is 1. The van der Waals surface area contributed by atoms with E-state index in [1.54, 1.807) is 0 Å². The van der Waals surface area contributed by atoms with Crippen LogP contribution in [0, 0.1) is 11.8 Å². The monoisotopic (exact) mass is 338 g/mol. The van der Waals surface area contributed by atoms with E-state index in [-0.39, 0.29) is 29.4 Å². The van der Waals surface area contributed by atoms with E-state index in [0.717, 1.165) is 25.1 Å². The van der Waals surface area contributed by atoms with Crippen LogP contribution in [-0.4, -0.2) is 42.5 Å². The number of hydrogen-bond donors (Lipinski definition) is 1. The Morgan fingerprint density at radius 2 is 2.28 bits per heavy atom. The predicted molar refractivity (Wildman–Crippen MR) is 91.8 cm³/mol. The molecule has 0 amide bonds. The molecule has 1 N–H and O–H groups in total. The van der Waals surface area contributed by atoms with Crippen molar-refractivity contribution in [1.29, 1.82) is 0 Å². The van der Waals surface area contributed by atoms with Gasteiger partial charge in [0.25, 0.3) is 0 Å². The Morgan fingerprint density at radius 1 is 1.44 bits per heavy atom. The molecule has 1 aromatic carbocycles. The Labute approximate surface area is 147 Å². The number of para-hydroxylation sites is 1. The highest BCUT2D eigenvalue weighted by molar-refractivity contribution is 5.81. The van der Waals surface area contributed by atoms with Crippen LogP contribution in [0.15, 0.2) is 35.9 Å². The molecule has 4 bridgehead atoms. The van der Waals surface area contributed by atoms with Crippen LogP contribution in [-0.2, 0) is 19.7 Å². The third-order valence-electron chi connectivity index (χ3n) is 7.53. The molecule has 1 saturated carbocycles. The van der Waals surface area contributed by atoms with Crippen molar-refractivity contribution in [2.75, 3.05) is 19.0 Å². The lowest BCUT2D eigenvalue weighted by Gasteiger charge is -2.60. The van der Waals surface area contributed by atoms with E-state index in [1.807, 2.05) is 0 Å². The molecule has 6 rings (SSSR count). The smallest absolute Gasteiger partial charge is 0.310 e. The molecule has 25 heavy (non-hydrogen) atoms. The first-order valence-corrected chi connectivity index (χ1v) is 9.20. The van der Waals surface area contributed by atoms with E-state index in [9.17, 15) is 4.79 Å². The van der Waals surface area contributed by atoms with Crippen LogP contribution in [0.4, 0.5) is 5.69 Å². The van der Waals surface area contributed by atoms with Gasteiger partial charge in [-0.25, -0.2) is 0 Å². The summed E-state index contributed by atoms with van der Waals surface area (Å²) in [7, 11) is 1.52. The molecule has 0 aromatic heterocycles. The Bertz CT molecular complexity index is 836. The van der Waals surface area contributed by atoms with Crippen LogP contribution in [0.2, 0.25) is 0 Å². The zero-order valence-electron chi connectivity index (χ0n) is 14.5. The summed E-state index contributed by atoms with van der Waals surface area (Å²) >= 11 is 0. The van der Waals surface area contributed by atoms with Crippen molar-refractivity contribution in [2.45, 2.75) is 43.2 Å². The first kappa shape index (κ1) is 14.3. The van der Waals surface area contributed by atoms with Gasteiger partial charge in [0.2, 0.25) is 0 Å². The molecule has 0 unspecified atom stereocenters. The van der Waals surface area contributed by atoms with Crippen LogP contribution in [0.25, 0.3) is 0 Å². The number of ether oxygens (including phenoxy) is 2. The van der Waals surface area contributed by atoms with Crippen LogP contribution in [0.1, 0.15) is 25.3 Å². The molecule has 130 valence electrons. The van der Waals surface area contributed by atoms with Gasteiger partial charge >= 0.3 is 5.97 Å². The van der Waals surface area contributed by atoms with Crippen molar-refractivity contribution >= 4 is 11.7 Å². The topological polar surface area (TPSA) is 50.8 Å². The lowest BCUT2D eigenvalue weighted by molar-refractivity contribution is -0.161. The van der Waals surface area contributed by atoms with Gasteiger partial charge < -0.3 is 14.8 Å². The molecule has 1 spiro atoms. The van der Waals surface area contributed by atoms with Gasteiger partial charge in [-0.15, -0.1) is 0 Å². The number of nitrogens with one attached hydrogen (secondary N) is 1. The molecule has 5 heteroatoms. The van der Waals surface area contributed by atoms with Gasteiger partial charge in [-0.1, -0.05) is 29.8 Å². The van der Waals surface area contributed by atoms with Crippen LogP contribution < -0.4 is 5.32 Å². The zero-order valence-corrected chi connectivity index (χ0v) is 14.5. The van der Waals surface area contributed by atoms with E-state index in [2.05, 4.69) is 47.5 Å². The molecule has 6 atom stereocenters. The average Bonchev–Trinajstić information content (AvgIpc) is 3.22. The fourth-order valence-electron chi connectivity index (χ4n) is 6.75. The van der Waals surface area contributed by atoms with Gasteiger partial charge in [0, 0.05) is 18.7 Å². The zero-order chi connectivity index (χ0) is 17.0. The summed E-state index contributed by atoms with van der Waals surface area (Å²) in [6.07, 6.45) is 4.10. The Kier molecular flexibility index (Phi) is 2.45. The second-order valence-corrected chi connectivity index (χ2v) is 8.05. The molecular weight excluding hydrogens is 316 g/mol. The minimum absolute atomic E-state index is 0.0780. The summed E-state index contributed by atoms with van der Waals surface area (Å²) in [5, 5.41) is 3.73. The second-order valence-electron chi connectivity index (χ2n) is 8.05. The van der Waals surface area contributed by atoms with E-state index < -0.39 is 5.72 Å². The number of nitrogens with zero attached hydrogens (tertiary/aromatic N) is 1. The van der Waals surface area contributed by atoms with E-state index in [1.165, 1.54) is 18.2 Å². The highest BCUT2D eigenvalue weighted by Crippen LogP contribution is 2.72. The highest BCUT2D eigenvalue weighted by Gasteiger charge is 2.82. The molecule has 4 heterocycles. The summed E-state index contributed by atoms with van der Waals surface area (Å²) in [6, 6.07) is 8.74. The third-order valence-corrected chi connectivity index (χ3v) is 7.53. The van der Waals surface area contributed by atoms with Gasteiger partial charge in [-0.2, -0.15) is 0 Å². The maximum Gasteiger partial charge on any atom is 0.310 e. The van der Waals surface area contributed by atoms with E-state index in [4.69, 9.17) is 9.47 Å². The quantitative estimate of drug-likeness (QED) is 0.629. The Morgan fingerprint density at radius 3 is 3.08 bits per heavy atom. The molecule has 5 aliphatic rings. The summed E-state index contributed by atoms with van der Waals surface area (Å²) in [6.45, 7) is 2.99. The van der Waals surface area contributed by atoms with Crippen molar-refractivity contribution in [3.8, 4) is 0 Å². The number of esters is 1. The fraction of sp³-hybridized carbons (Fsp3) is 0.550. The maximum absolute atomic E-state index is 13.1. The van der Waals surface area contributed by atoms with Crippen molar-refractivity contribution in [3.05, 3.63) is 41.5 Å². The van der Waals surface area contributed by atoms with Crippen molar-refractivity contribution < 1.29 is 14.3 Å². The Hall–Kier alpha value is -1.85. The number of piperidine rings is 2. The van der Waals surface area contributed by atoms with Crippen molar-refractivity contribution in [3.63, 3.8) is 0 Å². The second kappa shape index (κ2) is 4.27. The van der Waals surface area contributed by atoms with Gasteiger partial charge in [-0.3, -0.25) is 9.69 Å². The van der Waals surface area contributed by atoms with Crippen LogP contribution >= 0.6 is 0 Å². The minimum Gasteiger partial charge on any atom is -0.469 e. The predicted octanol–water partition coefficient (Wildman–Crippen LogP) is 2.25. The normalized spacial score (nSPS) is 46.9. The fourth-order valence-corrected chi connectivity index (χ4v) is 6.75. The molecule has 1 aromatic rings. The molecule has 1 aliphatic carbocycles. The number of benzene rings is 1. The first-order valence-electron chi connectivity index (χ1n) is 9.20. The van der Waals surface area contributed by atoms with Gasteiger partial charge in [0.1, 0.15) is 6.23 Å².